The Morgan fingerprint density at radius 1 is 1.42 bits per heavy atom. The Morgan fingerprint density at radius 3 is 2.75 bits per heavy atom. The third kappa shape index (κ3) is 4.75. The van der Waals surface area contributed by atoms with Gasteiger partial charge in [-0.3, -0.25) is 4.79 Å². The third-order valence-corrected chi connectivity index (χ3v) is 3.62. The van der Waals surface area contributed by atoms with Crippen molar-refractivity contribution < 1.29 is 14.3 Å². The van der Waals surface area contributed by atoms with Crippen molar-refractivity contribution >= 4 is 39.7 Å². The highest BCUT2D eigenvalue weighted by molar-refractivity contribution is 9.10. The average Bonchev–Trinajstić information content (AvgIpc) is 2.95. The van der Waals surface area contributed by atoms with Gasteiger partial charge in [0.15, 0.2) is 11.5 Å². The number of hydrazone groups is 1. The number of hydrogen-bond acceptors (Lipinski definition) is 4. The summed E-state index contributed by atoms with van der Waals surface area (Å²) in [6.45, 7) is 3.80. The topological polar surface area (TPSA) is 75.7 Å². The van der Waals surface area contributed by atoms with E-state index in [2.05, 4.69) is 31.4 Å². The summed E-state index contributed by atoms with van der Waals surface area (Å²) in [7, 11) is 1.53. The average molecular weight is 415 g/mol. The number of nitrogens with zero attached hydrogens (tertiary/aromatic N) is 1. The normalized spacial score (nSPS) is 11.1. The van der Waals surface area contributed by atoms with Gasteiger partial charge in [-0.1, -0.05) is 11.6 Å². The Hall–Kier alpha value is -1.99. The van der Waals surface area contributed by atoms with Crippen molar-refractivity contribution in [2.45, 2.75) is 20.0 Å². The summed E-state index contributed by atoms with van der Waals surface area (Å²) in [6.07, 6.45) is 3.11. The second kappa shape index (κ2) is 8.21. The van der Waals surface area contributed by atoms with Crippen molar-refractivity contribution in [3.8, 4) is 11.5 Å². The maximum absolute atomic E-state index is 11.9. The first-order chi connectivity index (χ1) is 11.4. The zero-order chi connectivity index (χ0) is 17.7. The molecule has 0 spiro atoms. The highest BCUT2D eigenvalue weighted by atomic mass is 79.9. The van der Waals surface area contributed by atoms with Crippen LogP contribution in [-0.4, -0.2) is 30.3 Å². The molecule has 0 atom stereocenters. The van der Waals surface area contributed by atoms with Gasteiger partial charge in [-0.15, -0.1) is 0 Å². The lowest BCUT2D eigenvalue weighted by molar-refractivity contribution is 0.0951. The van der Waals surface area contributed by atoms with Crippen molar-refractivity contribution in [3.05, 3.63) is 45.1 Å². The van der Waals surface area contributed by atoms with Crippen LogP contribution < -0.4 is 14.9 Å². The van der Waals surface area contributed by atoms with Crippen LogP contribution in [0.5, 0.6) is 11.5 Å². The van der Waals surface area contributed by atoms with Crippen molar-refractivity contribution in [3.63, 3.8) is 0 Å². The minimum absolute atomic E-state index is 0.0321. The molecule has 0 fully saturated rings. The van der Waals surface area contributed by atoms with Gasteiger partial charge in [-0.25, -0.2) is 5.43 Å². The number of methoxy groups -OCH3 is 1. The number of carbonyl (C=O) groups is 1. The van der Waals surface area contributed by atoms with Gasteiger partial charge in [0.05, 0.1) is 24.5 Å². The number of nitrogens with one attached hydrogen (secondary N) is 2. The first kappa shape index (κ1) is 18.4. The summed E-state index contributed by atoms with van der Waals surface area (Å²) in [5.74, 6) is 0.624. The molecule has 2 aromatic rings. The van der Waals surface area contributed by atoms with Crippen molar-refractivity contribution in [1.82, 2.24) is 10.4 Å². The van der Waals surface area contributed by atoms with Gasteiger partial charge >= 0.3 is 0 Å². The van der Waals surface area contributed by atoms with Crippen LogP contribution >= 0.6 is 27.5 Å². The van der Waals surface area contributed by atoms with Crippen LogP contribution in [0, 0.1) is 0 Å². The number of aromatic nitrogens is 1. The predicted molar refractivity (Wildman–Crippen MR) is 97.3 cm³/mol. The molecule has 0 aliphatic heterocycles. The number of aromatic amines is 1. The summed E-state index contributed by atoms with van der Waals surface area (Å²) >= 11 is 9.50. The van der Waals surface area contributed by atoms with Gasteiger partial charge in [-0.05, 0) is 53.5 Å². The summed E-state index contributed by atoms with van der Waals surface area (Å²) in [5.41, 5.74) is 3.49. The minimum atomic E-state index is -0.352. The van der Waals surface area contributed by atoms with E-state index < -0.39 is 0 Å². The molecule has 1 aromatic heterocycles. The third-order valence-electron chi connectivity index (χ3n) is 2.88. The van der Waals surface area contributed by atoms with Crippen molar-refractivity contribution in [2.24, 2.45) is 5.10 Å². The quantitative estimate of drug-likeness (QED) is 0.554. The molecule has 0 radical (unpaired) electrons. The highest BCUT2D eigenvalue weighted by Gasteiger charge is 2.13. The molecule has 1 aromatic carbocycles. The first-order valence-electron chi connectivity index (χ1n) is 7.12. The molecule has 1 amide bonds. The molecule has 24 heavy (non-hydrogen) atoms. The summed E-state index contributed by atoms with van der Waals surface area (Å²) in [4.78, 5) is 14.7. The number of rotatable bonds is 6. The van der Waals surface area contributed by atoms with E-state index in [0.717, 1.165) is 4.47 Å². The lowest BCUT2D eigenvalue weighted by Gasteiger charge is -2.15. The molecule has 0 saturated carbocycles. The Kier molecular flexibility index (Phi) is 6.28. The van der Waals surface area contributed by atoms with E-state index >= 15 is 0 Å². The fraction of sp³-hybridized carbons (Fsp3) is 0.250. The minimum Gasteiger partial charge on any atom is -0.493 e. The molecule has 6 nitrogen and oxygen atoms in total. The number of hydrogen-bond donors (Lipinski definition) is 2. The molecule has 0 saturated heterocycles. The number of halogens is 2. The Labute approximate surface area is 153 Å². The standard InChI is InChI=1S/C16H17BrClN3O3/c1-9(2)24-15-12(18)4-10(5-14(15)23-3)7-20-21-16(22)13-6-11(17)8-19-13/h4-9,19H,1-3H3,(H,21,22)/b20-7-. The molecule has 2 N–H and O–H groups in total. The molecule has 0 aliphatic carbocycles. The lowest BCUT2D eigenvalue weighted by atomic mass is 10.2. The molecule has 0 aliphatic rings. The van der Waals surface area contributed by atoms with E-state index in [1.807, 2.05) is 13.8 Å². The van der Waals surface area contributed by atoms with Gasteiger partial charge < -0.3 is 14.5 Å². The largest absolute Gasteiger partial charge is 0.493 e. The summed E-state index contributed by atoms with van der Waals surface area (Å²) in [5, 5.41) is 4.33. The summed E-state index contributed by atoms with van der Waals surface area (Å²) in [6, 6.07) is 5.07. The molecular formula is C16H17BrClN3O3. The van der Waals surface area contributed by atoms with E-state index in [0.29, 0.717) is 27.8 Å². The zero-order valence-corrected chi connectivity index (χ0v) is 15.7. The number of carbonyl (C=O) groups excluding carboxylic acids is 1. The second-order valence-electron chi connectivity index (χ2n) is 5.13. The van der Waals surface area contributed by atoms with Crippen LogP contribution in [-0.2, 0) is 0 Å². The Morgan fingerprint density at radius 2 is 2.17 bits per heavy atom. The maximum Gasteiger partial charge on any atom is 0.287 e. The Bertz CT molecular complexity index is 759. The van der Waals surface area contributed by atoms with E-state index in [9.17, 15) is 4.79 Å². The highest BCUT2D eigenvalue weighted by Crippen LogP contribution is 2.36. The molecule has 0 unspecified atom stereocenters. The molecule has 2 rings (SSSR count). The molecular weight excluding hydrogens is 398 g/mol. The molecule has 8 heteroatoms. The first-order valence-corrected chi connectivity index (χ1v) is 8.29. The van der Waals surface area contributed by atoms with Crippen LogP contribution in [0.15, 0.2) is 34.0 Å². The maximum atomic E-state index is 11.9. The number of H-pyrrole nitrogens is 1. The number of ether oxygens (including phenoxy) is 2. The van der Waals surface area contributed by atoms with Crippen LogP contribution in [0.3, 0.4) is 0 Å². The van der Waals surface area contributed by atoms with Crippen LogP contribution in [0.25, 0.3) is 0 Å². The van der Waals surface area contributed by atoms with Gasteiger partial charge in [0, 0.05) is 10.7 Å². The van der Waals surface area contributed by atoms with Gasteiger partial charge in [0.25, 0.3) is 5.91 Å². The van der Waals surface area contributed by atoms with Crippen molar-refractivity contribution in [1.29, 1.82) is 0 Å². The van der Waals surface area contributed by atoms with Crippen molar-refractivity contribution in [2.75, 3.05) is 7.11 Å². The SMILES string of the molecule is COc1cc(/C=N\NC(=O)c2cc(Br)c[nH]2)cc(Cl)c1OC(C)C. The Balaban J connectivity index is 2.11. The van der Waals surface area contributed by atoms with E-state index in [1.54, 1.807) is 24.4 Å². The van der Waals surface area contributed by atoms with Gasteiger partial charge in [-0.2, -0.15) is 5.10 Å². The fourth-order valence-corrected chi connectivity index (χ4v) is 2.50. The van der Waals surface area contributed by atoms with Crippen LogP contribution in [0.1, 0.15) is 29.9 Å². The predicted octanol–water partition coefficient (Wildman–Crippen LogP) is 3.99. The van der Waals surface area contributed by atoms with Crippen LogP contribution in [0.4, 0.5) is 0 Å². The van der Waals surface area contributed by atoms with E-state index in [1.165, 1.54) is 13.3 Å². The lowest BCUT2D eigenvalue weighted by Crippen LogP contribution is -2.17. The summed E-state index contributed by atoms with van der Waals surface area (Å²) < 4.78 is 11.7. The van der Waals surface area contributed by atoms with Gasteiger partial charge in [0.1, 0.15) is 5.69 Å². The second-order valence-corrected chi connectivity index (χ2v) is 6.45. The monoisotopic (exact) mass is 413 g/mol. The molecule has 128 valence electrons. The number of amides is 1. The zero-order valence-electron chi connectivity index (χ0n) is 13.4. The van der Waals surface area contributed by atoms with E-state index in [4.69, 9.17) is 21.1 Å². The van der Waals surface area contributed by atoms with E-state index in [-0.39, 0.29) is 12.0 Å². The molecule has 0 bridgehead atoms. The van der Waals surface area contributed by atoms with Gasteiger partial charge in [0.2, 0.25) is 0 Å². The fourth-order valence-electron chi connectivity index (χ4n) is 1.89. The molecule has 1 heterocycles. The van der Waals surface area contributed by atoms with Crippen LogP contribution in [0.2, 0.25) is 5.02 Å². The number of benzene rings is 1. The smallest absolute Gasteiger partial charge is 0.287 e.